The first kappa shape index (κ1) is 25.1. The molecule has 0 aromatic heterocycles. The molecule has 0 aliphatic carbocycles. The molecule has 3 heteroatoms. The molecule has 162 valence electrons. The molecule has 0 aliphatic heterocycles. The summed E-state index contributed by atoms with van der Waals surface area (Å²) in [6, 6.07) is 8.92. The third kappa shape index (κ3) is 14.7. The Kier molecular flexibility index (Phi) is 15.7. The Morgan fingerprint density at radius 1 is 0.759 bits per heavy atom. The second kappa shape index (κ2) is 18.1. The van der Waals surface area contributed by atoms with Crippen molar-refractivity contribution in [3.63, 3.8) is 0 Å². The lowest BCUT2D eigenvalue weighted by molar-refractivity contribution is -0.142. The first-order chi connectivity index (χ1) is 14.2. The maximum atomic E-state index is 11.9. The first-order valence-corrected chi connectivity index (χ1v) is 11.6. The molecule has 0 radical (unpaired) electrons. The fourth-order valence-electron chi connectivity index (χ4n) is 3.28. The van der Waals surface area contributed by atoms with E-state index < -0.39 is 0 Å². The number of esters is 1. The average Bonchev–Trinajstić information content (AvgIpc) is 2.75. The molecule has 3 nitrogen and oxygen atoms in total. The minimum atomic E-state index is -0.294. The highest BCUT2D eigenvalue weighted by molar-refractivity contribution is 5.97. The maximum Gasteiger partial charge on any atom is 0.306 e. The van der Waals surface area contributed by atoms with E-state index in [0.29, 0.717) is 12.0 Å². The fourth-order valence-corrected chi connectivity index (χ4v) is 3.28. The van der Waals surface area contributed by atoms with Gasteiger partial charge in [0.2, 0.25) is 0 Å². The van der Waals surface area contributed by atoms with Gasteiger partial charge in [0.1, 0.15) is 0 Å². The molecule has 0 spiro atoms. The Labute approximate surface area is 177 Å². The molecule has 1 aromatic carbocycles. The van der Waals surface area contributed by atoms with E-state index in [4.69, 9.17) is 4.74 Å². The molecule has 0 fully saturated rings. The van der Waals surface area contributed by atoms with Gasteiger partial charge in [-0.3, -0.25) is 9.59 Å². The van der Waals surface area contributed by atoms with Crippen LogP contribution in [-0.4, -0.2) is 18.4 Å². The van der Waals surface area contributed by atoms with Crippen LogP contribution in [-0.2, 0) is 9.53 Å². The molecular weight excluding hydrogens is 360 g/mol. The number of hydrogen-bond donors (Lipinski definition) is 0. The van der Waals surface area contributed by atoms with Crippen molar-refractivity contribution >= 4 is 11.8 Å². The van der Waals surface area contributed by atoms with Crippen LogP contribution in [0, 0.1) is 0 Å². The van der Waals surface area contributed by atoms with Crippen LogP contribution in [0.4, 0.5) is 0 Å². The summed E-state index contributed by atoms with van der Waals surface area (Å²) in [5, 5.41) is 0. The normalized spacial score (nSPS) is 11.1. The van der Waals surface area contributed by atoms with E-state index in [-0.39, 0.29) is 18.4 Å². The van der Waals surface area contributed by atoms with Gasteiger partial charge in [0.25, 0.3) is 0 Å². The van der Waals surface area contributed by atoms with Gasteiger partial charge in [-0.15, -0.1) is 0 Å². The van der Waals surface area contributed by atoms with Gasteiger partial charge in [-0.2, -0.15) is 0 Å². The lowest BCUT2D eigenvalue weighted by atomic mass is 10.1. The molecule has 1 rings (SSSR count). The van der Waals surface area contributed by atoms with Crippen molar-refractivity contribution in [2.24, 2.45) is 0 Å². The van der Waals surface area contributed by atoms with Crippen molar-refractivity contribution in [1.82, 2.24) is 0 Å². The van der Waals surface area contributed by atoms with Gasteiger partial charge >= 0.3 is 5.97 Å². The number of unbranched alkanes of at least 4 members (excludes halogenated alkanes) is 11. The standard InChI is InChI=1S/C26H40O3/c1-2-3-4-5-6-7-8-9-10-11-12-13-14-15-19-22-26(28)29-23-25(27)24-20-17-16-18-21-24/h13-14,16-18,20-21H,2-12,15,19,22-23H2,1H3/b14-13+. The number of hydrogen-bond acceptors (Lipinski definition) is 3. The van der Waals surface area contributed by atoms with E-state index in [0.717, 1.165) is 19.3 Å². The molecule has 1 aromatic rings. The van der Waals surface area contributed by atoms with E-state index in [9.17, 15) is 9.59 Å². The molecule has 0 saturated carbocycles. The zero-order chi connectivity index (χ0) is 21.0. The summed E-state index contributed by atoms with van der Waals surface area (Å²) in [5.74, 6) is -0.451. The van der Waals surface area contributed by atoms with Gasteiger partial charge in [0, 0.05) is 12.0 Å². The van der Waals surface area contributed by atoms with Crippen molar-refractivity contribution in [1.29, 1.82) is 0 Å². The number of Topliss-reactive ketones (excluding diaryl/α,β-unsaturated/α-hetero) is 1. The number of ketones is 1. The highest BCUT2D eigenvalue weighted by Crippen LogP contribution is 2.11. The van der Waals surface area contributed by atoms with E-state index >= 15 is 0 Å². The van der Waals surface area contributed by atoms with E-state index in [1.54, 1.807) is 24.3 Å². The van der Waals surface area contributed by atoms with Gasteiger partial charge in [-0.05, 0) is 25.7 Å². The van der Waals surface area contributed by atoms with Crippen LogP contribution in [0.5, 0.6) is 0 Å². The summed E-state index contributed by atoms with van der Waals surface area (Å²) in [5.41, 5.74) is 0.579. The van der Waals surface area contributed by atoms with Crippen LogP contribution >= 0.6 is 0 Å². The monoisotopic (exact) mass is 400 g/mol. The van der Waals surface area contributed by atoms with Crippen molar-refractivity contribution < 1.29 is 14.3 Å². The highest BCUT2D eigenvalue weighted by Gasteiger charge is 2.08. The molecule has 0 heterocycles. The molecule has 0 unspecified atom stereocenters. The molecule has 0 bridgehead atoms. The van der Waals surface area contributed by atoms with Crippen LogP contribution in [0.2, 0.25) is 0 Å². The summed E-state index contributed by atoms with van der Waals surface area (Å²) in [6.07, 6.45) is 21.2. The van der Waals surface area contributed by atoms with Crippen LogP contribution in [0.25, 0.3) is 0 Å². The third-order valence-corrected chi connectivity index (χ3v) is 5.10. The first-order valence-electron chi connectivity index (χ1n) is 11.6. The number of carbonyl (C=O) groups is 2. The lowest BCUT2D eigenvalue weighted by Crippen LogP contribution is -2.13. The van der Waals surface area contributed by atoms with Crippen molar-refractivity contribution in [2.45, 2.75) is 96.8 Å². The fraction of sp³-hybridized carbons (Fsp3) is 0.615. The Balaban J connectivity index is 1.88. The summed E-state index contributed by atoms with van der Waals surface area (Å²) < 4.78 is 5.06. The topological polar surface area (TPSA) is 43.4 Å². The van der Waals surface area contributed by atoms with Crippen molar-refractivity contribution in [2.75, 3.05) is 6.61 Å². The second-order valence-electron chi connectivity index (χ2n) is 7.78. The summed E-state index contributed by atoms with van der Waals surface area (Å²) in [7, 11) is 0. The minimum Gasteiger partial charge on any atom is -0.457 e. The number of ether oxygens (including phenoxy) is 1. The van der Waals surface area contributed by atoms with Crippen LogP contribution in [0.1, 0.15) is 107 Å². The third-order valence-electron chi connectivity index (χ3n) is 5.10. The second-order valence-corrected chi connectivity index (χ2v) is 7.78. The molecular formula is C26H40O3. The Morgan fingerprint density at radius 2 is 1.31 bits per heavy atom. The van der Waals surface area contributed by atoms with Crippen molar-refractivity contribution in [3.05, 3.63) is 48.0 Å². The quantitative estimate of drug-likeness (QED) is 0.111. The molecule has 0 amide bonds. The largest absolute Gasteiger partial charge is 0.457 e. The number of carbonyl (C=O) groups excluding carboxylic acids is 2. The van der Waals surface area contributed by atoms with E-state index in [1.807, 2.05) is 6.07 Å². The zero-order valence-corrected chi connectivity index (χ0v) is 18.4. The number of benzene rings is 1. The molecule has 0 N–H and O–H groups in total. The number of allylic oxidation sites excluding steroid dienone is 2. The van der Waals surface area contributed by atoms with Gasteiger partial charge in [0.15, 0.2) is 12.4 Å². The van der Waals surface area contributed by atoms with Crippen LogP contribution in [0.15, 0.2) is 42.5 Å². The van der Waals surface area contributed by atoms with E-state index in [1.165, 1.54) is 64.2 Å². The molecule has 29 heavy (non-hydrogen) atoms. The smallest absolute Gasteiger partial charge is 0.306 e. The lowest BCUT2D eigenvalue weighted by Gasteiger charge is -2.03. The Hall–Kier alpha value is -1.90. The maximum absolute atomic E-state index is 11.9. The Bertz CT molecular complexity index is 563. The SMILES string of the molecule is CCCCCCCCCCCC/C=C/CCCC(=O)OCC(=O)c1ccccc1. The highest BCUT2D eigenvalue weighted by atomic mass is 16.5. The van der Waals surface area contributed by atoms with Crippen molar-refractivity contribution in [3.8, 4) is 0 Å². The van der Waals surface area contributed by atoms with Gasteiger partial charge in [-0.1, -0.05) is 107 Å². The molecule has 0 aliphatic rings. The van der Waals surface area contributed by atoms with Gasteiger partial charge in [0.05, 0.1) is 0 Å². The van der Waals surface area contributed by atoms with Crippen LogP contribution in [0.3, 0.4) is 0 Å². The summed E-state index contributed by atoms with van der Waals surface area (Å²) in [6.45, 7) is 2.09. The molecule has 0 atom stereocenters. The molecule has 0 saturated heterocycles. The summed E-state index contributed by atoms with van der Waals surface area (Å²) in [4.78, 5) is 23.6. The summed E-state index contributed by atoms with van der Waals surface area (Å²) >= 11 is 0. The Morgan fingerprint density at radius 3 is 1.93 bits per heavy atom. The average molecular weight is 401 g/mol. The van der Waals surface area contributed by atoms with Gasteiger partial charge < -0.3 is 4.74 Å². The van der Waals surface area contributed by atoms with Gasteiger partial charge in [-0.25, -0.2) is 0 Å². The predicted octanol–water partition coefficient (Wildman–Crippen LogP) is 7.45. The number of rotatable bonds is 18. The predicted molar refractivity (Wildman–Crippen MR) is 121 cm³/mol. The van der Waals surface area contributed by atoms with E-state index in [2.05, 4.69) is 19.1 Å². The zero-order valence-electron chi connectivity index (χ0n) is 18.4. The van der Waals surface area contributed by atoms with Crippen LogP contribution < -0.4 is 0 Å². The minimum absolute atomic E-state index is 0.157.